The van der Waals surface area contributed by atoms with Gasteiger partial charge < -0.3 is 22.2 Å². The van der Waals surface area contributed by atoms with Crippen LogP contribution in [-0.4, -0.2) is 21.1 Å². The maximum Gasteiger partial charge on any atom is 0.270 e. The molecule has 0 fully saturated rings. The zero-order valence-corrected chi connectivity index (χ0v) is 8.74. The maximum atomic E-state index is 10.6. The van der Waals surface area contributed by atoms with Crippen LogP contribution in [0.3, 0.4) is 0 Å². The van der Waals surface area contributed by atoms with E-state index in [0.717, 1.165) is 0 Å². The molecule has 1 amide bonds. The Morgan fingerprint density at radius 3 is 2.75 bits per heavy atom. The number of nitrogen functional groups attached to an aromatic ring is 1. The zero-order chi connectivity index (χ0) is 9.14. The van der Waals surface area contributed by atoms with Gasteiger partial charge in [0.1, 0.15) is 0 Å². The molecule has 0 bridgehead atoms. The molecule has 0 atom stereocenters. The second kappa shape index (κ2) is 4.27. The van der Waals surface area contributed by atoms with Crippen LogP contribution in [0.4, 0.5) is 11.8 Å². The van der Waals surface area contributed by atoms with E-state index >= 15 is 0 Å². The fourth-order valence-corrected chi connectivity index (χ4v) is 0.492. The molecular formula is C4H5N6OY-. The first-order valence-corrected chi connectivity index (χ1v) is 2.59. The predicted octanol–water partition coefficient (Wildman–Crippen LogP) is -0.766. The van der Waals surface area contributed by atoms with Crippen LogP contribution in [0.25, 0.3) is 5.73 Å². The van der Waals surface area contributed by atoms with E-state index in [1.54, 1.807) is 0 Å². The van der Waals surface area contributed by atoms with E-state index in [2.05, 4.69) is 15.2 Å². The SMILES string of the molecule is [3H]Nc1nc([NH-])nnc1C(N)=O.[Y]. The molecule has 0 aliphatic carbocycles. The van der Waals surface area contributed by atoms with Crippen LogP contribution in [0, 0.1) is 0 Å². The van der Waals surface area contributed by atoms with Crippen LogP contribution in [0.1, 0.15) is 10.5 Å². The average Bonchev–Trinajstić information content (AvgIpc) is 2.03. The summed E-state index contributed by atoms with van der Waals surface area (Å²) in [4.78, 5) is 14.0. The van der Waals surface area contributed by atoms with Gasteiger partial charge >= 0.3 is 0 Å². The van der Waals surface area contributed by atoms with Gasteiger partial charge in [0.25, 0.3) is 5.91 Å². The number of hydrogen-bond acceptors (Lipinski definition) is 5. The molecule has 1 radical (unpaired) electrons. The van der Waals surface area contributed by atoms with Crippen LogP contribution in [0.5, 0.6) is 0 Å². The Hall–Kier alpha value is -0.816. The molecule has 0 unspecified atom stereocenters. The molecule has 1 aromatic heterocycles. The summed E-state index contributed by atoms with van der Waals surface area (Å²) in [7, 11) is 0. The van der Waals surface area contributed by atoms with Gasteiger partial charge in [-0.3, -0.25) is 9.89 Å². The minimum atomic E-state index is -0.843. The quantitative estimate of drug-likeness (QED) is 0.705. The first-order valence-electron chi connectivity index (χ1n) is 3.09. The van der Waals surface area contributed by atoms with Crippen molar-refractivity contribution in [3.8, 4) is 0 Å². The van der Waals surface area contributed by atoms with E-state index in [1.807, 2.05) is 5.73 Å². The molecule has 8 heteroatoms. The summed E-state index contributed by atoms with van der Waals surface area (Å²) >= 11 is 0. The molecule has 0 saturated heterocycles. The molecule has 0 aliphatic heterocycles. The van der Waals surface area contributed by atoms with Gasteiger partial charge in [0.05, 0.1) is 5.82 Å². The predicted molar refractivity (Wildman–Crippen MR) is 36.7 cm³/mol. The largest absolute Gasteiger partial charge is 0.409 e. The van der Waals surface area contributed by atoms with Crippen molar-refractivity contribution >= 4 is 17.7 Å². The number of carbonyl (C=O) groups is 1. The van der Waals surface area contributed by atoms with Gasteiger partial charge in [0.15, 0.2) is 7.11 Å². The van der Waals surface area contributed by atoms with Crippen molar-refractivity contribution in [1.29, 1.82) is 0 Å². The third-order valence-corrected chi connectivity index (χ3v) is 0.920. The van der Waals surface area contributed by atoms with Gasteiger partial charge in [-0.15, -0.1) is 0 Å². The molecule has 1 heterocycles. The van der Waals surface area contributed by atoms with Crippen molar-refractivity contribution in [2.45, 2.75) is 0 Å². The Morgan fingerprint density at radius 2 is 2.25 bits per heavy atom. The molecular weight excluding hydrogens is 237 g/mol. The summed E-state index contributed by atoms with van der Waals surface area (Å²) in [5.41, 5.74) is 13.4. The van der Waals surface area contributed by atoms with Crippen LogP contribution in [-0.2, 0) is 32.7 Å². The minimum Gasteiger partial charge on any atom is -0.409 e. The number of amides is 1. The van der Waals surface area contributed by atoms with Gasteiger partial charge in [-0.2, -0.15) is 0 Å². The molecule has 61 valence electrons. The number of carbonyl (C=O) groups excluding carboxylic acids is 1. The van der Waals surface area contributed by atoms with E-state index in [0.29, 0.717) is 0 Å². The maximum absolute atomic E-state index is 10.6. The van der Waals surface area contributed by atoms with Gasteiger partial charge in [-0.25, -0.2) is 5.10 Å². The van der Waals surface area contributed by atoms with E-state index in [1.165, 1.54) is 0 Å². The number of anilines is 1. The molecule has 7 nitrogen and oxygen atoms in total. The van der Waals surface area contributed by atoms with Crippen LogP contribution >= 0.6 is 0 Å². The fourth-order valence-electron chi connectivity index (χ4n) is 0.492. The number of rotatable bonds is 2. The van der Waals surface area contributed by atoms with Crippen molar-refractivity contribution < 1.29 is 38.9 Å². The van der Waals surface area contributed by atoms with Crippen molar-refractivity contribution in [3.63, 3.8) is 0 Å². The third kappa shape index (κ3) is 2.35. The van der Waals surface area contributed by atoms with Crippen LogP contribution in [0.15, 0.2) is 0 Å². The fraction of sp³-hybridized carbons (Fsp3) is 0. The molecule has 1 aromatic rings. The Balaban J connectivity index is 0.00000144. The second-order valence-corrected chi connectivity index (χ2v) is 1.70. The topological polar surface area (TPSA) is 132 Å². The van der Waals surface area contributed by atoms with E-state index < -0.39 is 5.91 Å². The first kappa shape index (κ1) is 9.27. The normalized spacial score (nSPS) is 9.50. The number of nitrogens with one attached hydrogen (secondary N) is 1. The van der Waals surface area contributed by atoms with Crippen molar-refractivity contribution in [2.24, 2.45) is 5.73 Å². The summed E-state index contributed by atoms with van der Waals surface area (Å²) in [6, 6.07) is 0. The Morgan fingerprint density at radius 1 is 1.58 bits per heavy atom. The Labute approximate surface area is 94.5 Å². The van der Waals surface area contributed by atoms with Gasteiger partial charge in [0, 0.05) is 38.7 Å². The molecule has 12 heavy (non-hydrogen) atoms. The van der Waals surface area contributed by atoms with Gasteiger partial charge in [-0.1, -0.05) is 0 Å². The van der Waals surface area contributed by atoms with E-state index in [4.69, 9.17) is 12.9 Å². The second-order valence-electron chi connectivity index (χ2n) is 1.70. The number of nitrogens with zero attached hydrogens (tertiary/aromatic N) is 3. The number of nitrogens with two attached hydrogens (primary N) is 2. The Bertz CT molecular complexity index is 320. The zero-order valence-electron chi connectivity index (χ0n) is 6.90. The van der Waals surface area contributed by atoms with Crippen molar-refractivity contribution in [2.75, 3.05) is 5.73 Å². The van der Waals surface area contributed by atoms with Gasteiger partial charge in [-0.05, 0) is 0 Å². The molecule has 0 aliphatic rings. The third-order valence-electron chi connectivity index (χ3n) is 0.920. The van der Waals surface area contributed by atoms with Crippen molar-refractivity contribution in [3.05, 3.63) is 11.4 Å². The summed E-state index contributed by atoms with van der Waals surface area (Å²) in [6.45, 7) is 0. The van der Waals surface area contributed by atoms with Crippen LogP contribution in [0.2, 0.25) is 1.41 Å². The summed E-state index contributed by atoms with van der Waals surface area (Å²) < 4.78 is 6.70. The molecule has 0 aromatic carbocycles. The molecule has 0 saturated carbocycles. The monoisotopic (exact) mass is 244 g/mol. The number of primary amides is 1. The minimum absolute atomic E-state index is 0. The smallest absolute Gasteiger partial charge is 0.270 e. The Kier molecular flexibility index (Phi) is 3.30. The number of hydrogen-bond donors (Lipinski definition) is 2. The summed E-state index contributed by atoms with van der Waals surface area (Å²) in [5.74, 6) is -1.39. The summed E-state index contributed by atoms with van der Waals surface area (Å²) in [6.07, 6.45) is 0. The number of aromatic nitrogens is 3. The first-order chi connectivity index (χ1) is 5.65. The van der Waals surface area contributed by atoms with E-state index in [9.17, 15) is 4.79 Å². The van der Waals surface area contributed by atoms with Gasteiger partial charge in [0.2, 0.25) is 0 Å². The van der Waals surface area contributed by atoms with E-state index in [-0.39, 0.29) is 50.2 Å². The molecule has 5 N–H and O–H groups in total. The molecule has 1 rings (SSSR count). The standard InChI is InChI=1S/C4H6N6O.Y/c5-2-1(3(6)11)9-10-4(7)8-2;/h(H6,5,6,7,8,10,11);/p-1/i/hT. The molecule has 0 spiro atoms. The van der Waals surface area contributed by atoms with Crippen LogP contribution < -0.4 is 11.5 Å². The summed E-state index contributed by atoms with van der Waals surface area (Å²) in [5, 5.41) is 6.48. The average molecular weight is 244 g/mol. The van der Waals surface area contributed by atoms with Crippen molar-refractivity contribution in [1.82, 2.24) is 15.2 Å².